The van der Waals surface area contributed by atoms with E-state index in [2.05, 4.69) is 11.8 Å². The van der Waals surface area contributed by atoms with Crippen LogP contribution < -0.4 is 5.73 Å². The number of rotatable bonds is 2. The van der Waals surface area contributed by atoms with Gasteiger partial charge in [0.1, 0.15) is 11.6 Å². The maximum atomic E-state index is 13.2. The minimum absolute atomic E-state index is 0.00579. The van der Waals surface area contributed by atoms with Gasteiger partial charge in [0.2, 0.25) is 0 Å². The topological polar surface area (TPSA) is 29.3 Å². The fourth-order valence-corrected chi connectivity index (χ4v) is 2.50. The summed E-state index contributed by atoms with van der Waals surface area (Å²) < 4.78 is 26.4. The number of hydrogen-bond acceptors (Lipinski definition) is 2. The van der Waals surface area contributed by atoms with Gasteiger partial charge >= 0.3 is 0 Å². The Morgan fingerprint density at radius 2 is 1.89 bits per heavy atom. The summed E-state index contributed by atoms with van der Waals surface area (Å²) in [4.78, 5) is 2.19. The van der Waals surface area contributed by atoms with E-state index in [-0.39, 0.29) is 12.1 Å². The number of piperidine rings is 1. The van der Waals surface area contributed by atoms with E-state index in [9.17, 15) is 8.78 Å². The van der Waals surface area contributed by atoms with Crippen molar-refractivity contribution in [2.75, 3.05) is 13.1 Å². The van der Waals surface area contributed by atoms with Crippen molar-refractivity contribution in [3.63, 3.8) is 0 Å². The SMILES string of the molecule is CC1CCN(C(C)c2cc(F)cc(F)c2)CC1N. The first-order chi connectivity index (χ1) is 8.47. The molecule has 3 unspecified atom stereocenters. The third kappa shape index (κ3) is 2.87. The molecule has 0 amide bonds. The molecule has 0 spiro atoms. The molecule has 0 saturated carbocycles. The summed E-state index contributed by atoms with van der Waals surface area (Å²) in [6, 6.07) is 3.84. The van der Waals surface area contributed by atoms with Crippen LogP contribution in [0.15, 0.2) is 18.2 Å². The first kappa shape index (κ1) is 13.4. The largest absolute Gasteiger partial charge is 0.326 e. The molecule has 0 aliphatic carbocycles. The van der Waals surface area contributed by atoms with Crippen molar-refractivity contribution in [2.45, 2.75) is 32.4 Å². The van der Waals surface area contributed by atoms with Gasteiger partial charge in [-0.3, -0.25) is 4.90 Å². The molecule has 1 aliphatic rings. The fourth-order valence-electron chi connectivity index (χ4n) is 2.50. The predicted octanol–water partition coefficient (Wildman–Crippen LogP) is 2.69. The van der Waals surface area contributed by atoms with Crippen molar-refractivity contribution < 1.29 is 8.78 Å². The van der Waals surface area contributed by atoms with Gasteiger partial charge in [0.25, 0.3) is 0 Å². The first-order valence-electron chi connectivity index (χ1n) is 6.43. The zero-order chi connectivity index (χ0) is 13.3. The molecule has 0 bridgehead atoms. The van der Waals surface area contributed by atoms with E-state index in [1.54, 1.807) is 0 Å². The van der Waals surface area contributed by atoms with Crippen LogP contribution in [0.1, 0.15) is 31.9 Å². The number of likely N-dealkylation sites (tertiary alicyclic amines) is 1. The summed E-state index contributed by atoms with van der Waals surface area (Å²) in [6.07, 6.45) is 1.03. The van der Waals surface area contributed by atoms with E-state index >= 15 is 0 Å². The summed E-state index contributed by atoms with van der Waals surface area (Å²) in [5.41, 5.74) is 6.73. The van der Waals surface area contributed by atoms with Crippen LogP contribution in [0.4, 0.5) is 8.78 Å². The Bertz CT molecular complexity index is 402. The molecule has 4 heteroatoms. The van der Waals surface area contributed by atoms with E-state index in [0.29, 0.717) is 11.5 Å². The molecule has 18 heavy (non-hydrogen) atoms. The summed E-state index contributed by atoms with van der Waals surface area (Å²) in [5, 5.41) is 0. The Hall–Kier alpha value is -1.00. The van der Waals surface area contributed by atoms with Gasteiger partial charge in [-0.15, -0.1) is 0 Å². The highest BCUT2D eigenvalue weighted by molar-refractivity contribution is 5.21. The number of nitrogens with zero attached hydrogens (tertiary/aromatic N) is 1. The average Bonchev–Trinajstić information content (AvgIpc) is 2.30. The van der Waals surface area contributed by atoms with Crippen molar-refractivity contribution in [3.8, 4) is 0 Å². The third-order valence-corrected chi connectivity index (χ3v) is 3.96. The van der Waals surface area contributed by atoms with Gasteiger partial charge in [-0.2, -0.15) is 0 Å². The van der Waals surface area contributed by atoms with E-state index in [1.165, 1.54) is 12.1 Å². The van der Waals surface area contributed by atoms with Crippen molar-refractivity contribution >= 4 is 0 Å². The van der Waals surface area contributed by atoms with Crippen LogP contribution in [-0.2, 0) is 0 Å². The monoisotopic (exact) mass is 254 g/mol. The lowest BCUT2D eigenvalue weighted by atomic mass is 9.92. The highest BCUT2D eigenvalue weighted by atomic mass is 19.1. The van der Waals surface area contributed by atoms with Gasteiger partial charge < -0.3 is 5.73 Å². The van der Waals surface area contributed by atoms with Crippen molar-refractivity contribution in [2.24, 2.45) is 11.7 Å². The zero-order valence-electron chi connectivity index (χ0n) is 10.9. The molecule has 0 radical (unpaired) electrons. The number of halogens is 2. The second kappa shape index (κ2) is 5.33. The van der Waals surface area contributed by atoms with Gasteiger partial charge in [0, 0.05) is 24.7 Å². The molecule has 1 heterocycles. The molecule has 2 nitrogen and oxygen atoms in total. The third-order valence-electron chi connectivity index (χ3n) is 3.96. The van der Waals surface area contributed by atoms with Crippen LogP contribution in [-0.4, -0.2) is 24.0 Å². The van der Waals surface area contributed by atoms with Crippen molar-refractivity contribution in [1.29, 1.82) is 0 Å². The van der Waals surface area contributed by atoms with Crippen LogP contribution >= 0.6 is 0 Å². The summed E-state index contributed by atoms with van der Waals surface area (Å²) in [5.74, 6) is -0.532. The molecule has 1 aromatic carbocycles. The Morgan fingerprint density at radius 1 is 1.28 bits per heavy atom. The molecule has 1 aromatic rings. The standard InChI is InChI=1S/C14H20F2N2/c1-9-3-4-18(8-14(9)17)10(2)11-5-12(15)7-13(16)6-11/h5-7,9-10,14H,3-4,8,17H2,1-2H3. The minimum Gasteiger partial charge on any atom is -0.326 e. The Kier molecular flexibility index (Phi) is 3.97. The molecular formula is C14H20F2N2. The smallest absolute Gasteiger partial charge is 0.126 e. The second-order valence-electron chi connectivity index (χ2n) is 5.30. The number of nitrogens with two attached hydrogens (primary N) is 1. The normalized spacial score (nSPS) is 27.2. The zero-order valence-corrected chi connectivity index (χ0v) is 10.9. The Balaban J connectivity index is 2.13. The van der Waals surface area contributed by atoms with Crippen LogP contribution in [0.3, 0.4) is 0 Å². The second-order valence-corrected chi connectivity index (χ2v) is 5.30. The lowest BCUT2D eigenvalue weighted by molar-refractivity contribution is 0.128. The molecule has 0 aromatic heterocycles. The van der Waals surface area contributed by atoms with E-state index in [0.717, 1.165) is 25.6 Å². The highest BCUT2D eigenvalue weighted by Crippen LogP contribution is 2.26. The molecule has 2 rings (SSSR count). The van der Waals surface area contributed by atoms with Gasteiger partial charge in [0.15, 0.2) is 0 Å². The van der Waals surface area contributed by atoms with Gasteiger partial charge in [-0.25, -0.2) is 8.78 Å². The van der Waals surface area contributed by atoms with Crippen molar-refractivity contribution in [3.05, 3.63) is 35.4 Å². The quantitative estimate of drug-likeness (QED) is 0.879. The van der Waals surface area contributed by atoms with E-state index in [1.807, 2.05) is 6.92 Å². The lowest BCUT2D eigenvalue weighted by Crippen LogP contribution is -2.48. The maximum absolute atomic E-state index is 13.2. The minimum atomic E-state index is -0.522. The van der Waals surface area contributed by atoms with Gasteiger partial charge in [-0.1, -0.05) is 6.92 Å². The van der Waals surface area contributed by atoms with Crippen LogP contribution in [0.2, 0.25) is 0 Å². The molecular weight excluding hydrogens is 234 g/mol. The Labute approximate surface area is 107 Å². The highest BCUT2D eigenvalue weighted by Gasteiger charge is 2.27. The van der Waals surface area contributed by atoms with E-state index in [4.69, 9.17) is 5.73 Å². The van der Waals surface area contributed by atoms with Crippen molar-refractivity contribution in [1.82, 2.24) is 4.90 Å². The maximum Gasteiger partial charge on any atom is 0.126 e. The molecule has 1 saturated heterocycles. The van der Waals surface area contributed by atoms with Gasteiger partial charge in [0.05, 0.1) is 0 Å². The summed E-state index contributed by atoms with van der Waals surface area (Å²) in [7, 11) is 0. The Morgan fingerprint density at radius 3 is 2.44 bits per heavy atom. The van der Waals surface area contributed by atoms with Gasteiger partial charge in [-0.05, 0) is 43.5 Å². The summed E-state index contributed by atoms with van der Waals surface area (Å²) >= 11 is 0. The molecule has 3 atom stereocenters. The predicted molar refractivity (Wildman–Crippen MR) is 68.1 cm³/mol. The van der Waals surface area contributed by atoms with Crippen LogP contribution in [0.25, 0.3) is 0 Å². The molecule has 100 valence electrons. The number of benzene rings is 1. The lowest BCUT2D eigenvalue weighted by Gasteiger charge is -2.38. The summed E-state index contributed by atoms with van der Waals surface area (Å²) in [6.45, 7) is 5.82. The molecule has 1 aliphatic heterocycles. The number of hydrogen-bond donors (Lipinski definition) is 1. The average molecular weight is 254 g/mol. The van der Waals surface area contributed by atoms with Crippen LogP contribution in [0.5, 0.6) is 0 Å². The molecule has 2 N–H and O–H groups in total. The molecule has 1 fully saturated rings. The van der Waals surface area contributed by atoms with E-state index < -0.39 is 11.6 Å². The fraction of sp³-hybridized carbons (Fsp3) is 0.571. The first-order valence-corrected chi connectivity index (χ1v) is 6.43. The van der Waals surface area contributed by atoms with Crippen LogP contribution in [0, 0.1) is 17.6 Å².